The van der Waals surface area contributed by atoms with Crippen LogP contribution in [-0.2, 0) is 0 Å². The summed E-state index contributed by atoms with van der Waals surface area (Å²) < 4.78 is 0. The van der Waals surface area contributed by atoms with Gasteiger partial charge in [-0.1, -0.05) is 13.8 Å². The summed E-state index contributed by atoms with van der Waals surface area (Å²) in [6.07, 6.45) is 0. The van der Waals surface area contributed by atoms with Gasteiger partial charge >= 0.3 is 0 Å². The molecule has 0 saturated heterocycles. The lowest BCUT2D eigenvalue weighted by Gasteiger charge is -2.26. The van der Waals surface area contributed by atoms with Crippen molar-refractivity contribution in [2.75, 3.05) is 39.3 Å². The molecule has 0 bridgehead atoms. The molecule has 0 radical (unpaired) electrons. The van der Waals surface area contributed by atoms with Gasteiger partial charge in [-0.3, -0.25) is 4.90 Å². The van der Waals surface area contributed by atoms with E-state index in [9.17, 15) is 0 Å². The Morgan fingerprint density at radius 1 is 1.06 bits per heavy atom. The molecule has 0 fully saturated rings. The number of rotatable bonds is 9. The lowest BCUT2D eigenvalue weighted by atomic mass is 10.1. The minimum absolute atomic E-state index is 0.199. The molecule has 0 aliphatic rings. The van der Waals surface area contributed by atoms with Gasteiger partial charge < -0.3 is 16.4 Å². The minimum Gasteiger partial charge on any atom is -0.329 e. The van der Waals surface area contributed by atoms with Crippen LogP contribution in [0.1, 0.15) is 34.6 Å². The van der Waals surface area contributed by atoms with Crippen LogP contribution in [0.15, 0.2) is 0 Å². The monoisotopic (exact) mass is 244 g/mol. The molecule has 17 heavy (non-hydrogen) atoms. The summed E-state index contributed by atoms with van der Waals surface area (Å²) in [4.78, 5) is 2.41. The maximum atomic E-state index is 5.64. The van der Waals surface area contributed by atoms with Crippen molar-refractivity contribution < 1.29 is 0 Å². The van der Waals surface area contributed by atoms with Crippen molar-refractivity contribution >= 4 is 0 Å². The number of hydrogen-bond donors (Lipinski definition) is 3. The first-order chi connectivity index (χ1) is 7.85. The van der Waals surface area contributed by atoms with Crippen molar-refractivity contribution in [2.24, 2.45) is 5.73 Å². The van der Waals surface area contributed by atoms with Crippen LogP contribution in [0.2, 0.25) is 0 Å². The highest BCUT2D eigenvalue weighted by Gasteiger charge is 2.09. The highest BCUT2D eigenvalue weighted by Crippen LogP contribution is 1.97. The van der Waals surface area contributed by atoms with Gasteiger partial charge in [-0.25, -0.2) is 0 Å². The molecule has 0 aliphatic heterocycles. The first kappa shape index (κ1) is 16.8. The van der Waals surface area contributed by atoms with Gasteiger partial charge in [0.2, 0.25) is 0 Å². The lowest BCUT2D eigenvalue weighted by molar-refractivity contribution is 0.265. The molecule has 0 aliphatic carbocycles. The molecule has 0 rings (SSSR count). The van der Waals surface area contributed by atoms with E-state index >= 15 is 0 Å². The molecular weight excluding hydrogens is 212 g/mol. The molecule has 0 aromatic carbocycles. The lowest BCUT2D eigenvalue weighted by Crippen LogP contribution is -2.44. The van der Waals surface area contributed by atoms with E-state index in [0.29, 0.717) is 6.04 Å². The molecule has 0 aromatic heterocycles. The molecule has 104 valence electrons. The second-order valence-electron chi connectivity index (χ2n) is 5.92. The molecule has 4 heteroatoms. The summed E-state index contributed by atoms with van der Waals surface area (Å²) in [5, 5.41) is 6.95. The van der Waals surface area contributed by atoms with Gasteiger partial charge in [-0.15, -0.1) is 0 Å². The third kappa shape index (κ3) is 12.1. The molecule has 0 atom stereocenters. The van der Waals surface area contributed by atoms with E-state index in [1.807, 2.05) is 0 Å². The molecule has 4 nitrogen and oxygen atoms in total. The molecule has 0 aromatic rings. The van der Waals surface area contributed by atoms with E-state index in [1.165, 1.54) is 0 Å². The number of nitrogens with one attached hydrogen (secondary N) is 2. The standard InChI is InChI=1S/C13H32N4/c1-12(2)15-7-10-17(9-6-14)11-8-16-13(3,4)5/h12,15-16H,6-11,14H2,1-5H3. The zero-order valence-electron chi connectivity index (χ0n) is 12.3. The van der Waals surface area contributed by atoms with Gasteiger partial charge in [-0.05, 0) is 20.8 Å². The van der Waals surface area contributed by atoms with Crippen LogP contribution in [0, 0.1) is 0 Å². The van der Waals surface area contributed by atoms with Crippen molar-refractivity contribution in [2.45, 2.75) is 46.2 Å². The molecule has 0 unspecified atom stereocenters. The van der Waals surface area contributed by atoms with E-state index in [2.05, 4.69) is 50.2 Å². The quantitative estimate of drug-likeness (QED) is 0.557. The number of nitrogens with zero attached hydrogens (tertiary/aromatic N) is 1. The Morgan fingerprint density at radius 2 is 1.65 bits per heavy atom. The van der Waals surface area contributed by atoms with Crippen LogP contribution in [0.5, 0.6) is 0 Å². The van der Waals surface area contributed by atoms with Gasteiger partial charge in [0.1, 0.15) is 0 Å². The SMILES string of the molecule is CC(C)NCCN(CCN)CCNC(C)(C)C. The number of hydrogen-bond acceptors (Lipinski definition) is 4. The Bertz CT molecular complexity index is 175. The van der Waals surface area contributed by atoms with Crippen molar-refractivity contribution in [3.8, 4) is 0 Å². The number of nitrogens with two attached hydrogens (primary N) is 1. The second kappa shape index (κ2) is 8.86. The van der Waals surface area contributed by atoms with Crippen molar-refractivity contribution in [1.82, 2.24) is 15.5 Å². The Labute approximate surface area is 107 Å². The highest BCUT2D eigenvalue weighted by atomic mass is 15.2. The maximum Gasteiger partial charge on any atom is 0.0108 e. The average molecular weight is 244 g/mol. The normalized spacial score (nSPS) is 12.7. The Balaban J connectivity index is 3.74. The molecule has 0 heterocycles. The summed E-state index contributed by atoms with van der Waals surface area (Å²) in [5.41, 5.74) is 5.83. The van der Waals surface area contributed by atoms with Gasteiger partial charge in [0.25, 0.3) is 0 Å². The van der Waals surface area contributed by atoms with Crippen LogP contribution >= 0.6 is 0 Å². The third-order valence-electron chi connectivity index (χ3n) is 2.51. The fraction of sp³-hybridized carbons (Fsp3) is 1.00. The largest absolute Gasteiger partial charge is 0.329 e. The first-order valence-corrected chi connectivity index (χ1v) is 6.76. The van der Waals surface area contributed by atoms with E-state index in [1.54, 1.807) is 0 Å². The summed E-state index contributed by atoms with van der Waals surface area (Å²) in [6, 6.07) is 0.558. The van der Waals surface area contributed by atoms with E-state index < -0.39 is 0 Å². The molecule has 0 amide bonds. The fourth-order valence-corrected chi connectivity index (χ4v) is 1.62. The van der Waals surface area contributed by atoms with Crippen LogP contribution in [0.3, 0.4) is 0 Å². The Kier molecular flexibility index (Phi) is 8.78. The fourth-order valence-electron chi connectivity index (χ4n) is 1.62. The van der Waals surface area contributed by atoms with Crippen LogP contribution in [0.4, 0.5) is 0 Å². The van der Waals surface area contributed by atoms with Crippen LogP contribution < -0.4 is 16.4 Å². The second-order valence-corrected chi connectivity index (χ2v) is 5.92. The summed E-state index contributed by atoms with van der Waals surface area (Å²) in [6.45, 7) is 16.8. The van der Waals surface area contributed by atoms with E-state index in [4.69, 9.17) is 5.73 Å². The van der Waals surface area contributed by atoms with Crippen molar-refractivity contribution in [3.05, 3.63) is 0 Å². The highest BCUT2D eigenvalue weighted by molar-refractivity contribution is 4.72. The van der Waals surface area contributed by atoms with Gasteiger partial charge in [-0.2, -0.15) is 0 Å². The average Bonchev–Trinajstić information content (AvgIpc) is 2.15. The van der Waals surface area contributed by atoms with Gasteiger partial charge in [0.15, 0.2) is 0 Å². The van der Waals surface area contributed by atoms with Crippen LogP contribution in [-0.4, -0.2) is 55.7 Å². The first-order valence-electron chi connectivity index (χ1n) is 6.76. The van der Waals surface area contributed by atoms with Gasteiger partial charge in [0, 0.05) is 50.8 Å². The van der Waals surface area contributed by atoms with Crippen molar-refractivity contribution in [1.29, 1.82) is 0 Å². The Morgan fingerprint density at radius 3 is 2.12 bits per heavy atom. The van der Waals surface area contributed by atoms with E-state index in [0.717, 1.165) is 39.3 Å². The summed E-state index contributed by atoms with van der Waals surface area (Å²) in [7, 11) is 0. The topological polar surface area (TPSA) is 53.3 Å². The summed E-state index contributed by atoms with van der Waals surface area (Å²) >= 11 is 0. The van der Waals surface area contributed by atoms with E-state index in [-0.39, 0.29) is 5.54 Å². The predicted octanol–water partition coefficient (Wildman–Crippen LogP) is 0.633. The Hall–Kier alpha value is -0.160. The van der Waals surface area contributed by atoms with Gasteiger partial charge in [0.05, 0.1) is 0 Å². The zero-order valence-corrected chi connectivity index (χ0v) is 12.3. The third-order valence-corrected chi connectivity index (χ3v) is 2.51. The predicted molar refractivity (Wildman–Crippen MR) is 76.4 cm³/mol. The van der Waals surface area contributed by atoms with Crippen molar-refractivity contribution in [3.63, 3.8) is 0 Å². The zero-order chi connectivity index (χ0) is 13.3. The maximum absolute atomic E-state index is 5.64. The molecular formula is C13H32N4. The smallest absolute Gasteiger partial charge is 0.0108 e. The van der Waals surface area contributed by atoms with Crippen LogP contribution in [0.25, 0.3) is 0 Å². The minimum atomic E-state index is 0.199. The molecule has 0 saturated carbocycles. The molecule has 4 N–H and O–H groups in total. The molecule has 0 spiro atoms. The summed E-state index contributed by atoms with van der Waals surface area (Å²) in [5.74, 6) is 0.